The van der Waals surface area contributed by atoms with Crippen LogP contribution in [0.15, 0.2) is 95.2 Å². The van der Waals surface area contributed by atoms with Crippen LogP contribution in [-0.2, 0) is 0 Å². The highest BCUT2D eigenvalue weighted by Gasteiger charge is 2.09. The van der Waals surface area contributed by atoms with Crippen molar-refractivity contribution >= 4 is 0 Å². The highest BCUT2D eigenvalue weighted by molar-refractivity contribution is 5.31. The van der Waals surface area contributed by atoms with Crippen molar-refractivity contribution in [3.05, 3.63) is 95.2 Å². The molecule has 0 aliphatic heterocycles. The summed E-state index contributed by atoms with van der Waals surface area (Å²) >= 11 is 0. The van der Waals surface area contributed by atoms with Gasteiger partial charge in [0, 0.05) is 0 Å². The molecule has 2 nitrogen and oxygen atoms in total. The van der Waals surface area contributed by atoms with Crippen LogP contribution in [-0.4, -0.2) is 21.4 Å². The number of rotatable bonds is 11. The average Bonchev–Trinajstić information content (AvgIpc) is 2.61. The molecule has 2 N–H and O–H groups in total. The van der Waals surface area contributed by atoms with Crippen LogP contribution in [0.4, 0.5) is 0 Å². The van der Waals surface area contributed by atoms with Crippen molar-refractivity contribution in [2.75, 3.05) is 0 Å². The number of allylic oxidation sites excluding steroid dienone is 14. The van der Waals surface area contributed by atoms with Crippen molar-refractivity contribution in [2.24, 2.45) is 0 Å². The van der Waals surface area contributed by atoms with E-state index in [0.29, 0.717) is 12.8 Å². The summed E-state index contributed by atoms with van der Waals surface area (Å²) in [5.41, 5.74) is 3.30. The predicted octanol–water partition coefficient (Wildman–Crippen LogP) is 7.32. The van der Waals surface area contributed by atoms with E-state index in [4.69, 9.17) is 0 Å². The molecule has 0 aliphatic carbocycles. The third-order valence-corrected chi connectivity index (χ3v) is 4.11. The van der Waals surface area contributed by atoms with Gasteiger partial charge in [0.2, 0.25) is 0 Å². The second kappa shape index (κ2) is 14.0. The van der Waals surface area contributed by atoms with Gasteiger partial charge >= 0.3 is 0 Å². The summed E-state index contributed by atoms with van der Waals surface area (Å²) in [4.78, 5) is 0. The molecule has 0 fully saturated rings. The molecule has 2 heteroatoms. The van der Waals surface area contributed by atoms with Gasteiger partial charge < -0.3 is 10.2 Å². The third-order valence-electron chi connectivity index (χ3n) is 4.11. The molecule has 0 heterocycles. The van der Waals surface area contributed by atoms with Crippen LogP contribution >= 0.6 is 0 Å². The molecule has 0 aliphatic rings. The molecule has 0 rings (SSSR count). The van der Waals surface area contributed by atoms with Gasteiger partial charge in [-0.2, -0.15) is 0 Å². The summed E-state index contributed by atoms with van der Waals surface area (Å²) in [5, 5.41) is 19.5. The number of hydrogen-bond donors (Lipinski definition) is 2. The molecule has 0 spiro atoms. The molecule has 166 valence electrons. The van der Waals surface area contributed by atoms with E-state index in [2.05, 4.69) is 50.3 Å². The van der Waals surface area contributed by atoms with Crippen LogP contribution in [0.1, 0.15) is 68.2 Å². The zero-order chi connectivity index (χ0) is 23.2. The fourth-order valence-corrected chi connectivity index (χ4v) is 2.19. The van der Waals surface area contributed by atoms with Gasteiger partial charge in [0.15, 0.2) is 0 Å². The summed E-state index contributed by atoms with van der Waals surface area (Å²) in [6, 6.07) is 0. The minimum absolute atomic E-state index is 0.648. The maximum Gasteiger partial charge on any atom is 0.0626 e. The Morgan fingerprint density at radius 1 is 0.533 bits per heavy atom. The topological polar surface area (TPSA) is 40.5 Å². The Morgan fingerprint density at radius 2 is 0.833 bits per heavy atom. The first-order chi connectivity index (χ1) is 13.8. The molecule has 0 aromatic carbocycles. The lowest BCUT2D eigenvalue weighted by Gasteiger charge is -2.13. The molecular weight excluding hydrogens is 368 g/mol. The van der Waals surface area contributed by atoms with E-state index in [0.717, 1.165) is 11.1 Å². The van der Waals surface area contributed by atoms with Gasteiger partial charge in [-0.25, -0.2) is 0 Å². The van der Waals surface area contributed by atoms with Crippen LogP contribution in [0.2, 0.25) is 0 Å². The van der Waals surface area contributed by atoms with E-state index in [9.17, 15) is 10.2 Å². The SMILES string of the molecule is CC(/C=C/C=C/C(C)=C/C=C/C(C)=C/CC(C)(C)O)=C\C=C\C(C)=C\CC(C)(C)O. The molecule has 0 saturated carbocycles. The Kier molecular flexibility index (Phi) is 12.9. The lowest BCUT2D eigenvalue weighted by molar-refractivity contribution is 0.0831. The standard InChI is InChI=1S/C28H42O2/c1-23(15-11-17-25(3)19-21-27(5,6)29)13-9-10-14-24(2)16-12-18-26(4)20-22-28(7,8)30/h9-20,29-30H,21-22H2,1-8H3/b13-9+,14-10+,17-11+,18-12+,23-15+,24-16+,25-19+,26-20+. The van der Waals surface area contributed by atoms with E-state index < -0.39 is 11.2 Å². The van der Waals surface area contributed by atoms with Crippen molar-refractivity contribution in [1.82, 2.24) is 0 Å². The Labute approximate surface area is 185 Å². The molecule has 0 aromatic heterocycles. The summed E-state index contributed by atoms with van der Waals surface area (Å²) < 4.78 is 0. The molecule has 0 amide bonds. The van der Waals surface area contributed by atoms with Crippen molar-refractivity contribution in [2.45, 2.75) is 79.4 Å². The largest absolute Gasteiger partial charge is 0.390 e. The monoisotopic (exact) mass is 410 g/mol. The highest BCUT2D eigenvalue weighted by atomic mass is 16.3. The third kappa shape index (κ3) is 19.2. The zero-order valence-corrected chi connectivity index (χ0v) is 20.2. The van der Waals surface area contributed by atoms with E-state index in [1.165, 1.54) is 11.1 Å². The summed E-state index contributed by atoms with van der Waals surface area (Å²) in [6.07, 6.45) is 25.9. The minimum Gasteiger partial charge on any atom is -0.390 e. The number of aliphatic hydroxyl groups is 2. The van der Waals surface area contributed by atoms with E-state index >= 15 is 0 Å². The molecule has 30 heavy (non-hydrogen) atoms. The minimum atomic E-state index is -0.662. The smallest absolute Gasteiger partial charge is 0.0626 e. The van der Waals surface area contributed by atoms with Crippen LogP contribution in [0.25, 0.3) is 0 Å². The van der Waals surface area contributed by atoms with Gasteiger partial charge in [0.05, 0.1) is 11.2 Å². The maximum atomic E-state index is 9.75. The predicted molar refractivity (Wildman–Crippen MR) is 133 cm³/mol. The quantitative estimate of drug-likeness (QED) is 0.350. The summed E-state index contributed by atoms with van der Waals surface area (Å²) in [7, 11) is 0. The zero-order valence-electron chi connectivity index (χ0n) is 20.2. The van der Waals surface area contributed by atoms with Crippen LogP contribution < -0.4 is 0 Å². The molecule has 0 atom stereocenters. The van der Waals surface area contributed by atoms with E-state index in [1.54, 1.807) is 0 Å². The fraction of sp³-hybridized carbons (Fsp3) is 0.429. The average molecular weight is 411 g/mol. The first-order valence-electron chi connectivity index (χ1n) is 10.6. The first kappa shape index (κ1) is 27.8. The van der Waals surface area contributed by atoms with Crippen molar-refractivity contribution < 1.29 is 10.2 Å². The lowest BCUT2D eigenvalue weighted by atomic mass is 10.0. The Balaban J connectivity index is 4.61. The summed E-state index contributed by atoms with van der Waals surface area (Å²) in [5.74, 6) is 0. The Morgan fingerprint density at radius 3 is 1.13 bits per heavy atom. The normalized spacial score (nSPS) is 16.2. The second-order valence-corrected chi connectivity index (χ2v) is 9.19. The highest BCUT2D eigenvalue weighted by Crippen LogP contribution is 2.11. The molecule has 0 bridgehead atoms. The van der Waals surface area contributed by atoms with Crippen molar-refractivity contribution in [3.8, 4) is 0 Å². The van der Waals surface area contributed by atoms with Gasteiger partial charge in [-0.1, -0.05) is 95.2 Å². The molecule has 0 aromatic rings. The molecule has 0 unspecified atom stereocenters. The van der Waals surface area contributed by atoms with Gasteiger partial charge in [0.25, 0.3) is 0 Å². The lowest BCUT2D eigenvalue weighted by Crippen LogP contribution is -2.16. The van der Waals surface area contributed by atoms with E-state index in [-0.39, 0.29) is 0 Å². The van der Waals surface area contributed by atoms with Crippen molar-refractivity contribution in [3.63, 3.8) is 0 Å². The van der Waals surface area contributed by atoms with Crippen LogP contribution in [0.5, 0.6) is 0 Å². The fourth-order valence-electron chi connectivity index (χ4n) is 2.19. The first-order valence-corrected chi connectivity index (χ1v) is 10.6. The second-order valence-electron chi connectivity index (χ2n) is 9.19. The number of hydrogen-bond acceptors (Lipinski definition) is 2. The maximum absolute atomic E-state index is 9.75. The van der Waals surface area contributed by atoms with Crippen LogP contribution in [0, 0.1) is 0 Å². The summed E-state index contributed by atoms with van der Waals surface area (Å²) in [6.45, 7) is 15.5. The van der Waals surface area contributed by atoms with Crippen molar-refractivity contribution in [1.29, 1.82) is 0 Å². The van der Waals surface area contributed by atoms with Gasteiger partial charge in [-0.15, -0.1) is 0 Å². The van der Waals surface area contributed by atoms with Crippen LogP contribution in [0.3, 0.4) is 0 Å². The molecular formula is C28H42O2. The Bertz CT molecular complexity index is 683. The van der Waals surface area contributed by atoms with Gasteiger partial charge in [-0.05, 0) is 68.2 Å². The van der Waals surface area contributed by atoms with E-state index in [1.807, 2.05) is 78.0 Å². The van der Waals surface area contributed by atoms with Gasteiger partial charge in [0.1, 0.15) is 0 Å². The molecule has 0 radical (unpaired) electrons. The van der Waals surface area contributed by atoms with Gasteiger partial charge in [-0.3, -0.25) is 0 Å². The molecule has 0 saturated heterocycles. The Hall–Kier alpha value is -2.16.